The molecule has 0 bridgehead atoms. The topological polar surface area (TPSA) is 100 Å². The van der Waals surface area contributed by atoms with E-state index in [1.54, 1.807) is 49.6 Å². The van der Waals surface area contributed by atoms with Gasteiger partial charge in [0, 0.05) is 17.0 Å². The number of hydrogen-bond donors (Lipinski definition) is 1. The molecule has 8 heteroatoms. The van der Waals surface area contributed by atoms with E-state index in [9.17, 15) is 14.0 Å². The van der Waals surface area contributed by atoms with E-state index in [4.69, 9.17) is 15.0 Å². The molecule has 3 rings (SSSR count). The van der Waals surface area contributed by atoms with Crippen molar-refractivity contribution in [2.75, 3.05) is 12.3 Å². The summed E-state index contributed by atoms with van der Waals surface area (Å²) in [6.07, 6.45) is 0. The second-order valence-corrected chi connectivity index (χ2v) is 6.08. The molecule has 0 spiro atoms. The highest BCUT2D eigenvalue weighted by atomic mass is 19.1. The van der Waals surface area contributed by atoms with Gasteiger partial charge in [-0.1, -0.05) is 17.3 Å². The van der Waals surface area contributed by atoms with Crippen molar-refractivity contribution in [2.24, 2.45) is 0 Å². The molecule has 2 aromatic heterocycles. The lowest BCUT2D eigenvalue weighted by Gasteiger charge is -2.10. The maximum atomic E-state index is 14.1. The third kappa shape index (κ3) is 3.33. The predicted molar refractivity (Wildman–Crippen MR) is 95.5 cm³/mol. The third-order valence-corrected chi connectivity index (χ3v) is 4.25. The van der Waals surface area contributed by atoms with Crippen LogP contribution in [0.25, 0.3) is 5.69 Å². The minimum Gasteiger partial charge on any atom is -0.453 e. The lowest BCUT2D eigenvalue weighted by Crippen LogP contribution is -2.16. The molecule has 0 saturated heterocycles. The summed E-state index contributed by atoms with van der Waals surface area (Å²) in [6.45, 7) is 4.53. The van der Waals surface area contributed by atoms with Crippen LogP contribution in [0.1, 0.15) is 37.8 Å². The highest BCUT2D eigenvalue weighted by Crippen LogP contribution is 2.23. The quantitative estimate of drug-likeness (QED) is 0.546. The van der Waals surface area contributed by atoms with Gasteiger partial charge in [0.1, 0.15) is 11.4 Å². The minimum absolute atomic E-state index is 0.000343. The fourth-order valence-electron chi connectivity index (χ4n) is 2.97. The van der Waals surface area contributed by atoms with Gasteiger partial charge < -0.3 is 19.6 Å². The average molecular weight is 371 g/mol. The molecule has 0 fully saturated rings. The van der Waals surface area contributed by atoms with Gasteiger partial charge in [-0.15, -0.1) is 0 Å². The van der Waals surface area contributed by atoms with E-state index in [1.165, 1.54) is 6.07 Å². The molecule has 2 heterocycles. The van der Waals surface area contributed by atoms with E-state index < -0.39 is 24.2 Å². The average Bonchev–Trinajstić information content (AvgIpc) is 3.12. The first kappa shape index (κ1) is 18.4. The van der Waals surface area contributed by atoms with Crippen LogP contribution in [0.5, 0.6) is 0 Å². The fraction of sp³-hybridized carbons (Fsp3) is 0.211. The first-order chi connectivity index (χ1) is 12.8. The lowest BCUT2D eigenvalue weighted by atomic mass is 10.1. The Morgan fingerprint density at radius 1 is 1.26 bits per heavy atom. The highest BCUT2D eigenvalue weighted by Gasteiger charge is 2.23. The standard InChI is InChI=1S/C19H18FN3O4/c1-10-8-13(12(3)23(10)15-7-5-4-6-14(15)20)16(24)9-26-19(25)17-11(2)22-27-18(17)21/h4-8H,9,21H2,1-3H3. The van der Waals surface area contributed by atoms with Gasteiger partial charge in [0.05, 0.1) is 11.4 Å². The Hall–Kier alpha value is -3.42. The number of nitrogens with zero attached hydrogens (tertiary/aromatic N) is 2. The summed E-state index contributed by atoms with van der Waals surface area (Å²) in [7, 11) is 0. The molecule has 0 amide bonds. The zero-order chi connectivity index (χ0) is 19.7. The second kappa shape index (κ2) is 7.06. The number of nitrogen functional groups attached to an aromatic ring is 1. The van der Waals surface area contributed by atoms with Gasteiger partial charge in [-0.2, -0.15) is 0 Å². The van der Waals surface area contributed by atoms with Crippen LogP contribution >= 0.6 is 0 Å². The monoisotopic (exact) mass is 371 g/mol. The van der Waals surface area contributed by atoms with E-state index >= 15 is 0 Å². The Labute approximate surface area is 154 Å². The van der Waals surface area contributed by atoms with Crippen LogP contribution in [-0.4, -0.2) is 28.1 Å². The largest absolute Gasteiger partial charge is 0.453 e. The Morgan fingerprint density at radius 3 is 2.59 bits per heavy atom. The third-order valence-electron chi connectivity index (χ3n) is 4.25. The maximum Gasteiger partial charge on any atom is 0.346 e. The van der Waals surface area contributed by atoms with E-state index in [2.05, 4.69) is 5.16 Å². The summed E-state index contributed by atoms with van der Waals surface area (Å²) < 4.78 is 25.5. The minimum atomic E-state index is -0.789. The molecule has 140 valence electrons. The number of aryl methyl sites for hydroxylation is 2. The van der Waals surface area contributed by atoms with Gasteiger partial charge in [-0.05, 0) is 39.0 Å². The number of carbonyl (C=O) groups is 2. The number of benzene rings is 1. The molecule has 1 aromatic carbocycles. The van der Waals surface area contributed by atoms with Crippen LogP contribution < -0.4 is 5.73 Å². The van der Waals surface area contributed by atoms with Crippen molar-refractivity contribution in [2.45, 2.75) is 20.8 Å². The first-order valence-electron chi connectivity index (χ1n) is 8.17. The maximum absolute atomic E-state index is 14.1. The number of ether oxygens (including phenoxy) is 1. The highest BCUT2D eigenvalue weighted by molar-refractivity contribution is 6.01. The van der Waals surface area contributed by atoms with Crippen molar-refractivity contribution < 1.29 is 23.2 Å². The van der Waals surface area contributed by atoms with Crippen molar-refractivity contribution in [1.29, 1.82) is 0 Å². The number of halogens is 1. The predicted octanol–water partition coefficient (Wildman–Crippen LogP) is 3.15. The van der Waals surface area contributed by atoms with Gasteiger partial charge in [-0.3, -0.25) is 4.79 Å². The van der Waals surface area contributed by atoms with Crippen LogP contribution in [0.4, 0.5) is 10.3 Å². The fourth-order valence-corrected chi connectivity index (χ4v) is 2.97. The smallest absolute Gasteiger partial charge is 0.346 e. The van der Waals surface area contributed by atoms with Gasteiger partial charge in [0.2, 0.25) is 11.7 Å². The number of ketones is 1. The molecular formula is C19H18FN3O4. The number of hydrogen-bond acceptors (Lipinski definition) is 6. The Morgan fingerprint density at radius 2 is 1.96 bits per heavy atom. The van der Waals surface area contributed by atoms with Crippen molar-refractivity contribution >= 4 is 17.6 Å². The summed E-state index contributed by atoms with van der Waals surface area (Å²) in [5.41, 5.74) is 7.74. The van der Waals surface area contributed by atoms with Crippen molar-refractivity contribution in [1.82, 2.24) is 9.72 Å². The number of esters is 1. The molecule has 27 heavy (non-hydrogen) atoms. The summed E-state index contributed by atoms with van der Waals surface area (Å²) in [5.74, 6) is -1.76. The molecule has 0 radical (unpaired) electrons. The summed E-state index contributed by atoms with van der Waals surface area (Å²) in [5, 5.41) is 3.57. The van der Waals surface area contributed by atoms with Crippen LogP contribution in [-0.2, 0) is 4.74 Å². The zero-order valence-electron chi connectivity index (χ0n) is 15.1. The lowest BCUT2D eigenvalue weighted by molar-refractivity contribution is 0.0474. The summed E-state index contributed by atoms with van der Waals surface area (Å²) in [6, 6.07) is 7.92. The summed E-state index contributed by atoms with van der Waals surface area (Å²) >= 11 is 0. The number of rotatable bonds is 5. The number of carbonyl (C=O) groups excluding carboxylic acids is 2. The second-order valence-electron chi connectivity index (χ2n) is 6.08. The molecule has 7 nitrogen and oxygen atoms in total. The first-order valence-corrected chi connectivity index (χ1v) is 8.17. The summed E-state index contributed by atoms with van der Waals surface area (Å²) in [4.78, 5) is 24.6. The number of para-hydroxylation sites is 1. The van der Waals surface area contributed by atoms with Gasteiger partial charge in [0.15, 0.2) is 6.61 Å². The molecule has 0 unspecified atom stereocenters. The molecule has 0 aliphatic carbocycles. The molecular weight excluding hydrogens is 353 g/mol. The molecule has 0 aliphatic rings. The van der Waals surface area contributed by atoms with Crippen molar-refractivity contribution in [3.63, 3.8) is 0 Å². The van der Waals surface area contributed by atoms with E-state index in [-0.39, 0.29) is 17.1 Å². The van der Waals surface area contributed by atoms with Crippen LogP contribution in [0.15, 0.2) is 34.9 Å². The number of Topliss-reactive ketones (excluding diaryl/α,β-unsaturated/α-hetero) is 1. The normalized spacial score (nSPS) is 10.8. The van der Waals surface area contributed by atoms with Crippen molar-refractivity contribution in [3.8, 4) is 5.69 Å². The van der Waals surface area contributed by atoms with Crippen LogP contribution in [0.3, 0.4) is 0 Å². The molecule has 0 atom stereocenters. The van der Waals surface area contributed by atoms with Crippen LogP contribution in [0, 0.1) is 26.6 Å². The zero-order valence-corrected chi connectivity index (χ0v) is 15.1. The van der Waals surface area contributed by atoms with Gasteiger partial charge >= 0.3 is 5.97 Å². The van der Waals surface area contributed by atoms with Crippen molar-refractivity contribution in [3.05, 3.63) is 64.4 Å². The molecule has 0 aliphatic heterocycles. The van der Waals surface area contributed by atoms with Gasteiger partial charge in [0.25, 0.3) is 0 Å². The number of nitrogens with two attached hydrogens (primary N) is 1. The van der Waals surface area contributed by atoms with E-state index in [1.807, 2.05) is 0 Å². The Bertz CT molecular complexity index is 1020. The molecule has 2 N–H and O–H groups in total. The number of aromatic nitrogens is 2. The number of anilines is 1. The van der Waals surface area contributed by atoms with E-state index in [0.29, 0.717) is 22.6 Å². The van der Waals surface area contributed by atoms with E-state index in [0.717, 1.165) is 0 Å². The molecule has 3 aromatic rings. The Kier molecular flexibility index (Phi) is 4.81. The Balaban J connectivity index is 1.81. The molecule has 0 saturated carbocycles. The van der Waals surface area contributed by atoms with Crippen LogP contribution in [0.2, 0.25) is 0 Å². The van der Waals surface area contributed by atoms with Gasteiger partial charge in [-0.25, -0.2) is 9.18 Å². The SMILES string of the molecule is Cc1noc(N)c1C(=O)OCC(=O)c1cc(C)n(-c2ccccc2F)c1C.